The number of halogens is 2. The molecule has 0 saturated carbocycles. The predicted octanol–water partition coefficient (Wildman–Crippen LogP) is 4.58. The number of pyridine rings is 4. The molecule has 0 aliphatic rings. The topological polar surface area (TPSA) is 197 Å². The van der Waals surface area contributed by atoms with Crippen LogP contribution in [-0.4, -0.2) is 49.0 Å². The van der Waals surface area contributed by atoms with Crippen molar-refractivity contribution in [1.82, 2.24) is 19.9 Å². The molecule has 0 atom stereocenters. The number of hydrogen-bond donors (Lipinski definition) is 3. The van der Waals surface area contributed by atoms with E-state index in [1.807, 2.05) is 48.5 Å². The van der Waals surface area contributed by atoms with Gasteiger partial charge in [-0.3, -0.25) is 9.11 Å². The van der Waals surface area contributed by atoms with Gasteiger partial charge in [0, 0.05) is 0 Å². The number of aromatic nitrogens is 4. The largest absolute Gasteiger partial charge is 0.693 e. The fourth-order valence-electron chi connectivity index (χ4n) is 1.11. The Bertz CT molecular complexity index is 732. The average molecular weight is 601 g/mol. The van der Waals surface area contributed by atoms with Crippen LogP contribution in [0.2, 0.25) is 0 Å². The van der Waals surface area contributed by atoms with Crippen molar-refractivity contribution in [2.75, 3.05) is 0 Å². The Balaban J connectivity index is -0.000000168. The minimum atomic E-state index is -4.67. The zero-order valence-electron chi connectivity index (χ0n) is 18.2. The van der Waals surface area contributed by atoms with Gasteiger partial charge < -0.3 is 36.0 Å². The standard InChI is InChI=1S/4C5H4N.CHO2.2ClH.Co.H2N.H2O4S/c4*1-2-4-6-5-3-1;2-1-3;;;;;1-5(2,3)4/h4*1-4H;(H,2,3);2*1H;;1H2;(H2,1,2,3,4)/q5*-1;;;+2;-1;/p-2. The summed E-state index contributed by atoms with van der Waals surface area (Å²) < 4.78 is 31.6. The van der Waals surface area contributed by atoms with Gasteiger partial charge in [-0.15, -0.1) is 0 Å². The van der Waals surface area contributed by atoms with Crippen molar-refractivity contribution < 1.29 is 40.3 Å². The third-order valence-electron chi connectivity index (χ3n) is 2.07. The van der Waals surface area contributed by atoms with Crippen molar-refractivity contribution in [3.63, 3.8) is 0 Å². The molecule has 0 saturated heterocycles. The van der Waals surface area contributed by atoms with Crippen LogP contribution in [0, 0.1) is 24.8 Å². The molecule has 0 spiro atoms. The van der Waals surface area contributed by atoms with Crippen molar-refractivity contribution in [2.24, 2.45) is 0 Å². The third kappa shape index (κ3) is 63.3. The van der Waals surface area contributed by atoms with E-state index >= 15 is 0 Å². The first-order valence-electron chi connectivity index (χ1n) is 8.46. The fourth-order valence-corrected chi connectivity index (χ4v) is 1.11. The molecule has 0 aromatic carbocycles. The second-order valence-corrected chi connectivity index (χ2v) is 7.04. The summed E-state index contributed by atoms with van der Waals surface area (Å²) in [5, 5.41) is 6.76. The maximum Gasteiger partial charge on any atom is -0.0813 e. The van der Waals surface area contributed by atoms with E-state index < -0.39 is 10.4 Å². The molecular formula is C21H21Cl2CoN5O6S-6. The van der Waals surface area contributed by atoms with Crippen molar-refractivity contribution in [2.45, 2.75) is 0 Å². The molecule has 4 aromatic rings. The van der Waals surface area contributed by atoms with Gasteiger partial charge in [-0.25, -0.2) is 0 Å². The van der Waals surface area contributed by atoms with Gasteiger partial charge in [-0.05, 0) is 0 Å². The van der Waals surface area contributed by atoms with Crippen LogP contribution in [0.15, 0.2) is 97.6 Å². The van der Waals surface area contributed by atoms with E-state index in [9.17, 15) is 0 Å². The molecule has 0 amide bonds. The van der Waals surface area contributed by atoms with Crippen LogP contribution in [0.1, 0.15) is 0 Å². The number of nitrogens with zero attached hydrogens (tertiary/aromatic N) is 4. The molecule has 4 heterocycles. The summed E-state index contributed by atoms with van der Waals surface area (Å²) in [6.07, 6.45) is 17.3. The summed E-state index contributed by atoms with van der Waals surface area (Å²) in [6, 6.07) is 22.0. The molecule has 0 radical (unpaired) electrons. The van der Waals surface area contributed by atoms with E-state index in [2.05, 4.69) is 44.7 Å². The average Bonchev–Trinajstić information content (AvgIpc) is 2.89. The van der Waals surface area contributed by atoms with E-state index in [4.69, 9.17) is 47.7 Å². The monoisotopic (exact) mass is 600 g/mol. The van der Waals surface area contributed by atoms with Gasteiger partial charge in [0.05, 0.1) is 0 Å². The van der Waals surface area contributed by atoms with Crippen molar-refractivity contribution in [3.8, 4) is 0 Å². The fraction of sp³-hybridized carbons (Fsp3) is 0. The Kier molecular flexibility index (Phi) is 40.8. The zero-order valence-corrected chi connectivity index (χ0v) is 21.5. The molecule has 4 aromatic heterocycles. The number of rotatable bonds is 0. The minimum Gasteiger partial charge on any atom is -0.693 e. The van der Waals surface area contributed by atoms with Crippen molar-refractivity contribution in [3.05, 3.63) is 129 Å². The Morgan fingerprint density at radius 1 is 0.639 bits per heavy atom. The summed E-state index contributed by atoms with van der Waals surface area (Å²) >= 11 is 0.382. The normalized spacial score (nSPS) is 7.89. The summed E-state index contributed by atoms with van der Waals surface area (Å²) in [6.45, 7) is 0.500. The van der Waals surface area contributed by atoms with Crippen LogP contribution in [-0.2, 0) is 28.1 Å². The van der Waals surface area contributed by atoms with Crippen molar-refractivity contribution in [1.29, 1.82) is 0 Å². The first-order valence-corrected chi connectivity index (χ1v) is 12.7. The number of aliphatic hydroxyl groups excluding tert-OH is 1. The van der Waals surface area contributed by atoms with Gasteiger partial charge in [-0.2, -0.15) is 81.2 Å². The Labute approximate surface area is 225 Å². The smallest absolute Gasteiger partial charge is 0.0813 e. The molecule has 0 aliphatic carbocycles. The second-order valence-electron chi connectivity index (χ2n) is 4.42. The number of hydrogen-bond acceptors (Lipinski definition) is 7. The Hall–Kier alpha value is -3.01. The summed E-state index contributed by atoms with van der Waals surface area (Å²) in [4.78, 5) is 22.9. The minimum absolute atomic E-state index is 0. The molecule has 0 bridgehead atoms. The molecule has 11 nitrogen and oxygen atoms in total. The van der Waals surface area contributed by atoms with Crippen molar-refractivity contribution >= 4 is 37.2 Å². The number of nitrogens with two attached hydrogens (primary N) is 1. The Morgan fingerprint density at radius 3 is 0.833 bits per heavy atom. The quantitative estimate of drug-likeness (QED) is 0.189. The summed E-state index contributed by atoms with van der Waals surface area (Å²) in [5.41, 5.74) is 0. The van der Waals surface area contributed by atoms with Gasteiger partial charge in [-0.1, -0.05) is 56.0 Å². The van der Waals surface area contributed by atoms with E-state index in [0.717, 1.165) is 0 Å². The predicted molar refractivity (Wildman–Crippen MR) is 132 cm³/mol. The van der Waals surface area contributed by atoms with Gasteiger partial charge in [0.25, 0.3) is 0 Å². The molecular weight excluding hydrogens is 580 g/mol. The van der Waals surface area contributed by atoms with E-state index in [-0.39, 0.29) is 6.15 Å². The van der Waals surface area contributed by atoms with Crippen LogP contribution in [0.4, 0.5) is 0 Å². The SMILES string of the molecule is O=S(=O)(O)O.O=[C-]O.[Cl][Co][Cl].[NH2-].[c-]1ccccn1.[c-]1ccccn1.[c-]1ccccn1.[c-]1ccccn1. The molecule has 4 rings (SSSR count). The van der Waals surface area contributed by atoms with E-state index in [1.165, 1.54) is 0 Å². The van der Waals surface area contributed by atoms with Crippen LogP contribution in [0.25, 0.3) is 6.15 Å². The molecule has 0 fully saturated rings. The second kappa shape index (κ2) is 36.6. The van der Waals surface area contributed by atoms with Crippen LogP contribution < -0.4 is 0 Å². The first-order chi connectivity index (χ1) is 16.8. The maximum absolute atomic E-state index is 8.74. The van der Waals surface area contributed by atoms with Gasteiger partial charge in [0.1, 0.15) is 0 Å². The van der Waals surface area contributed by atoms with Crippen LogP contribution in [0.5, 0.6) is 0 Å². The zero-order chi connectivity index (χ0) is 26.9. The molecule has 201 valence electrons. The van der Waals surface area contributed by atoms with E-state index in [1.54, 1.807) is 49.1 Å². The molecule has 0 aliphatic heterocycles. The molecule has 5 N–H and O–H groups in total. The van der Waals surface area contributed by atoms with Gasteiger partial charge >= 0.3 is 43.6 Å². The third-order valence-corrected chi connectivity index (χ3v) is 2.07. The van der Waals surface area contributed by atoms with Crippen LogP contribution in [0.3, 0.4) is 0 Å². The van der Waals surface area contributed by atoms with E-state index in [0.29, 0.717) is 19.4 Å². The summed E-state index contributed by atoms with van der Waals surface area (Å²) in [5.74, 6) is 0. The maximum atomic E-state index is 8.74. The van der Waals surface area contributed by atoms with Crippen LogP contribution >= 0.6 is 20.3 Å². The first kappa shape index (κ1) is 40.2. The molecule has 0 unspecified atom stereocenters. The molecule has 36 heavy (non-hydrogen) atoms. The molecule has 15 heteroatoms. The van der Waals surface area contributed by atoms with Gasteiger partial charge in [0.15, 0.2) is 0 Å². The van der Waals surface area contributed by atoms with Gasteiger partial charge in [0.2, 0.25) is 0 Å². The summed E-state index contributed by atoms with van der Waals surface area (Å²) in [7, 11) is 4.80. The Morgan fingerprint density at radius 2 is 0.806 bits per heavy atom.